The predicted octanol–water partition coefficient (Wildman–Crippen LogP) is 2.96. The molecule has 0 saturated heterocycles. The number of ether oxygens (including phenoxy) is 1. The van der Waals surface area contributed by atoms with Crippen molar-refractivity contribution in [3.63, 3.8) is 0 Å². The molecule has 0 amide bonds. The van der Waals surface area contributed by atoms with Gasteiger partial charge in [0.1, 0.15) is 12.0 Å². The summed E-state index contributed by atoms with van der Waals surface area (Å²) in [5.41, 5.74) is 1.65. The Balaban J connectivity index is 2.34. The summed E-state index contributed by atoms with van der Waals surface area (Å²) in [6, 6.07) is 0.0943. The third-order valence-corrected chi connectivity index (χ3v) is 5.44. The van der Waals surface area contributed by atoms with Crippen molar-refractivity contribution in [3.8, 4) is 0 Å². The van der Waals surface area contributed by atoms with Gasteiger partial charge < -0.3 is 9.29 Å². The summed E-state index contributed by atoms with van der Waals surface area (Å²) in [6.45, 7) is 8.10. The minimum atomic E-state index is -1.30. The maximum atomic E-state index is 13.3. The van der Waals surface area contributed by atoms with Crippen molar-refractivity contribution in [2.75, 3.05) is 12.9 Å². The van der Waals surface area contributed by atoms with Gasteiger partial charge in [0.2, 0.25) is 0 Å². The van der Waals surface area contributed by atoms with Gasteiger partial charge in [-0.25, -0.2) is 0 Å². The summed E-state index contributed by atoms with van der Waals surface area (Å²) >= 11 is -1.30. The zero-order valence-corrected chi connectivity index (χ0v) is 15.7. The van der Waals surface area contributed by atoms with E-state index in [-0.39, 0.29) is 16.8 Å². The molecule has 2 heterocycles. The predicted molar refractivity (Wildman–Crippen MR) is 99.0 cm³/mol. The molecule has 1 saturated carbocycles. The topological polar surface area (TPSA) is 80.1 Å². The summed E-state index contributed by atoms with van der Waals surface area (Å²) < 4.78 is 19.1. The second-order valence-electron chi connectivity index (χ2n) is 6.31. The van der Waals surface area contributed by atoms with Crippen LogP contribution in [0.2, 0.25) is 0 Å². The molecule has 1 fully saturated rings. The van der Waals surface area contributed by atoms with Crippen LogP contribution in [0.1, 0.15) is 49.8 Å². The standard InChI is InChI=1S/C18H23N3O3S/c1-5-24-12(3)15-11(2)14-10-19-18(25(4)23)20-16(14)21(17(15)22)13-8-6-7-9-13/h10,13H,3,5-9H2,1-2,4H3. The number of hydrogen-bond acceptors (Lipinski definition) is 5. The van der Waals surface area contributed by atoms with E-state index in [9.17, 15) is 9.35 Å². The minimum absolute atomic E-state index is 0.0943. The van der Waals surface area contributed by atoms with Gasteiger partial charge in [-0.05, 0) is 32.3 Å². The Labute approximate surface area is 150 Å². The van der Waals surface area contributed by atoms with Crippen LogP contribution in [0.25, 0.3) is 16.8 Å². The number of pyridine rings is 1. The second kappa shape index (κ2) is 7.17. The lowest BCUT2D eigenvalue weighted by Crippen LogP contribution is -2.29. The number of nitrogens with zero attached hydrogens (tertiary/aromatic N) is 3. The van der Waals surface area contributed by atoms with Crippen LogP contribution in [0.4, 0.5) is 0 Å². The minimum Gasteiger partial charge on any atom is -0.609 e. The maximum Gasteiger partial charge on any atom is 0.344 e. The molecule has 0 radical (unpaired) electrons. The highest BCUT2D eigenvalue weighted by Gasteiger charge is 2.26. The lowest BCUT2D eigenvalue weighted by Gasteiger charge is -2.20. The fraction of sp³-hybridized carbons (Fsp3) is 0.500. The summed E-state index contributed by atoms with van der Waals surface area (Å²) in [7, 11) is 0. The van der Waals surface area contributed by atoms with Crippen LogP contribution in [-0.4, -0.2) is 32.0 Å². The Morgan fingerprint density at radius 1 is 1.48 bits per heavy atom. The molecule has 1 unspecified atom stereocenters. The van der Waals surface area contributed by atoms with Crippen molar-refractivity contribution < 1.29 is 9.29 Å². The lowest BCUT2D eigenvalue weighted by atomic mass is 10.0. The Bertz CT molecular complexity index is 870. The first-order valence-corrected chi connectivity index (χ1v) is 10.1. The first-order chi connectivity index (χ1) is 12.0. The fourth-order valence-corrected chi connectivity index (χ4v) is 3.95. The van der Waals surface area contributed by atoms with E-state index in [1.54, 1.807) is 10.8 Å². The van der Waals surface area contributed by atoms with Gasteiger partial charge in [0, 0.05) is 28.8 Å². The first kappa shape index (κ1) is 17.9. The zero-order valence-electron chi connectivity index (χ0n) is 14.9. The fourth-order valence-electron chi connectivity index (χ4n) is 3.53. The molecule has 2 aromatic heterocycles. The highest BCUT2D eigenvalue weighted by atomic mass is 32.2. The van der Waals surface area contributed by atoms with Crippen molar-refractivity contribution in [1.29, 1.82) is 0 Å². The van der Waals surface area contributed by atoms with Crippen molar-refractivity contribution >= 4 is 28.0 Å². The molecule has 6 nitrogen and oxygen atoms in total. The molecule has 2 aromatic rings. The highest BCUT2D eigenvalue weighted by molar-refractivity contribution is 7.90. The molecule has 0 aromatic carbocycles. The second-order valence-corrected chi connectivity index (χ2v) is 7.59. The van der Waals surface area contributed by atoms with E-state index in [1.807, 2.05) is 13.8 Å². The Morgan fingerprint density at radius 2 is 2.16 bits per heavy atom. The van der Waals surface area contributed by atoms with Crippen molar-refractivity contribution in [2.24, 2.45) is 0 Å². The van der Waals surface area contributed by atoms with Crippen LogP contribution in [0, 0.1) is 6.92 Å². The monoisotopic (exact) mass is 361 g/mol. The Kier molecular flexibility index (Phi) is 5.15. The molecule has 134 valence electrons. The van der Waals surface area contributed by atoms with E-state index in [4.69, 9.17) is 4.74 Å². The van der Waals surface area contributed by atoms with E-state index in [0.717, 1.165) is 36.6 Å². The largest absolute Gasteiger partial charge is 0.609 e. The molecule has 0 aliphatic heterocycles. The van der Waals surface area contributed by atoms with Crippen LogP contribution in [0.3, 0.4) is 0 Å². The van der Waals surface area contributed by atoms with Crippen LogP contribution in [-0.2, 0) is 15.9 Å². The number of rotatable bonds is 5. The van der Waals surface area contributed by atoms with E-state index in [2.05, 4.69) is 16.5 Å². The molecule has 0 N–H and O–H groups in total. The van der Waals surface area contributed by atoms with Gasteiger partial charge >= 0.3 is 5.16 Å². The number of aryl methyl sites for hydroxylation is 1. The van der Waals surface area contributed by atoms with Gasteiger partial charge in [-0.2, -0.15) is 9.97 Å². The quantitative estimate of drug-likeness (QED) is 0.465. The number of hydrogen-bond donors (Lipinski definition) is 0. The molecule has 0 spiro atoms. The van der Waals surface area contributed by atoms with Gasteiger partial charge in [-0.3, -0.25) is 9.36 Å². The lowest BCUT2D eigenvalue weighted by molar-refractivity contribution is 0.298. The molecule has 25 heavy (non-hydrogen) atoms. The van der Waals surface area contributed by atoms with Crippen molar-refractivity contribution in [1.82, 2.24) is 14.5 Å². The molecule has 7 heteroatoms. The molecule has 1 aliphatic carbocycles. The SMILES string of the molecule is C=C(OCC)c1c(C)c2cnc([S+](C)[O-])nc2n(C2CCCC2)c1=O. The van der Waals surface area contributed by atoms with E-state index < -0.39 is 11.2 Å². The first-order valence-electron chi connectivity index (χ1n) is 8.53. The molecule has 3 rings (SSSR count). The molecular weight excluding hydrogens is 338 g/mol. The van der Waals surface area contributed by atoms with Gasteiger partial charge in [-0.1, -0.05) is 19.4 Å². The molecular formula is C18H23N3O3S. The van der Waals surface area contributed by atoms with Gasteiger partial charge in [-0.15, -0.1) is 0 Å². The zero-order chi connectivity index (χ0) is 18.1. The van der Waals surface area contributed by atoms with Gasteiger partial charge in [0.05, 0.1) is 12.2 Å². The van der Waals surface area contributed by atoms with Crippen LogP contribution >= 0.6 is 0 Å². The van der Waals surface area contributed by atoms with E-state index in [0.29, 0.717) is 23.6 Å². The Morgan fingerprint density at radius 3 is 2.76 bits per heavy atom. The molecule has 1 atom stereocenters. The smallest absolute Gasteiger partial charge is 0.344 e. The van der Waals surface area contributed by atoms with Crippen LogP contribution < -0.4 is 5.56 Å². The number of aromatic nitrogens is 3. The van der Waals surface area contributed by atoms with Crippen molar-refractivity contribution in [2.45, 2.75) is 50.7 Å². The normalized spacial score (nSPS) is 16.3. The summed E-state index contributed by atoms with van der Waals surface area (Å²) in [4.78, 5) is 22.0. The third kappa shape index (κ3) is 3.18. The summed E-state index contributed by atoms with van der Waals surface area (Å²) in [5.74, 6) is 0.377. The highest BCUT2D eigenvalue weighted by Crippen LogP contribution is 2.32. The molecule has 0 bridgehead atoms. The average molecular weight is 361 g/mol. The van der Waals surface area contributed by atoms with E-state index >= 15 is 0 Å². The Hall–Kier alpha value is -1.86. The van der Waals surface area contributed by atoms with Gasteiger partial charge in [0.25, 0.3) is 5.56 Å². The maximum absolute atomic E-state index is 13.3. The summed E-state index contributed by atoms with van der Waals surface area (Å²) in [6.07, 6.45) is 7.25. The average Bonchev–Trinajstić information content (AvgIpc) is 3.09. The van der Waals surface area contributed by atoms with Crippen LogP contribution in [0.15, 0.2) is 22.7 Å². The summed E-state index contributed by atoms with van der Waals surface area (Å²) in [5, 5.41) is 1.02. The molecule has 1 aliphatic rings. The van der Waals surface area contributed by atoms with Gasteiger partial charge in [0.15, 0.2) is 5.65 Å². The van der Waals surface area contributed by atoms with Crippen molar-refractivity contribution in [3.05, 3.63) is 34.3 Å². The van der Waals surface area contributed by atoms with Crippen LogP contribution in [0.5, 0.6) is 0 Å². The van der Waals surface area contributed by atoms with E-state index in [1.165, 1.54) is 6.26 Å². The number of fused-ring (bicyclic) bond motifs is 1. The third-order valence-electron chi connectivity index (χ3n) is 4.73.